The van der Waals surface area contributed by atoms with Crippen LogP contribution < -0.4 is 4.90 Å². The van der Waals surface area contributed by atoms with Crippen LogP contribution in [0, 0.1) is 24.1 Å². The molecule has 0 aromatic heterocycles. The molecule has 0 aliphatic heterocycles. The number of halogens is 1. The summed E-state index contributed by atoms with van der Waals surface area (Å²) in [7, 11) is 1.87. The lowest BCUT2D eigenvalue weighted by Gasteiger charge is -2.23. The first-order chi connectivity index (χ1) is 9.13. The number of nitrogens with zero attached hydrogens (tertiary/aromatic N) is 2. The monoisotopic (exact) mass is 254 g/mol. The molecule has 0 unspecified atom stereocenters. The summed E-state index contributed by atoms with van der Waals surface area (Å²) < 4.78 is 13.7. The van der Waals surface area contributed by atoms with Gasteiger partial charge in [-0.05, 0) is 24.6 Å². The molecule has 0 bridgehead atoms. The predicted molar refractivity (Wildman–Crippen MR) is 74.4 cm³/mol. The Labute approximate surface area is 112 Å². The van der Waals surface area contributed by atoms with Gasteiger partial charge < -0.3 is 4.90 Å². The lowest BCUT2D eigenvalue weighted by molar-refractivity contribution is 0.608. The molecule has 0 amide bonds. The van der Waals surface area contributed by atoms with Gasteiger partial charge in [-0.25, -0.2) is 4.39 Å². The predicted octanol–water partition coefficient (Wildman–Crippen LogP) is 3.64. The third-order valence-corrected chi connectivity index (χ3v) is 3.11. The molecule has 0 heterocycles. The van der Waals surface area contributed by atoms with Gasteiger partial charge in [-0.3, -0.25) is 0 Å². The summed E-state index contributed by atoms with van der Waals surface area (Å²) in [6.07, 6.45) is 0. The molecule has 2 aromatic carbocycles. The molecule has 2 rings (SSSR count). The first kappa shape index (κ1) is 13.1. The Morgan fingerprint density at radius 1 is 1.16 bits per heavy atom. The zero-order chi connectivity index (χ0) is 13.8. The summed E-state index contributed by atoms with van der Waals surface area (Å²) in [6.45, 7) is 2.39. The average molecular weight is 254 g/mol. The van der Waals surface area contributed by atoms with Crippen molar-refractivity contribution in [2.75, 3.05) is 11.9 Å². The second-order valence-corrected chi connectivity index (χ2v) is 4.53. The summed E-state index contributed by atoms with van der Waals surface area (Å²) in [4.78, 5) is 1.91. The van der Waals surface area contributed by atoms with Crippen LogP contribution in [0.25, 0.3) is 0 Å². The molecular formula is C16H15FN2. The number of para-hydroxylation sites is 1. The Morgan fingerprint density at radius 3 is 2.58 bits per heavy atom. The topological polar surface area (TPSA) is 27.0 Å². The molecule has 0 saturated carbocycles. The van der Waals surface area contributed by atoms with Gasteiger partial charge in [-0.1, -0.05) is 30.3 Å². The summed E-state index contributed by atoms with van der Waals surface area (Å²) >= 11 is 0. The van der Waals surface area contributed by atoms with Gasteiger partial charge in [0, 0.05) is 19.2 Å². The van der Waals surface area contributed by atoms with Crippen LogP contribution >= 0.6 is 0 Å². The smallest absolute Gasteiger partial charge is 0.128 e. The number of aryl methyl sites for hydroxylation is 1. The van der Waals surface area contributed by atoms with Crippen LogP contribution in [0.3, 0.4) is 0 Å². The molecular weight excluding hydrogens is 239 g/mol. The van der Waals surface area contributed by atoms with Crippen LogP contribution in [0.4, 0.5) is 10.1 Å². The fourth-order valence-electron chi connectivity index (χ4n) is 2.22. The second-order valence-electron chi connectivity index (χ2n) is 4.53. The minimum atomic E-state index is -0.221. The lowest BCUT2D eigenvalue weighted by Crippen LogP contribution is -2.19. The molecule has 19 heavy (non-hydrogen) atoms. The quantitative estimate of drug-likeness (QED) is 0.836. The van der Waals surface area contributed by atoms with Gasteiger partial charge in [0.1, 0.15) is 11.9 Å². The Bertz CT molecular complexity index is 629. The molecule has 3 heteroatoms. The van der Waals surface area contributed by atoms with Crippen LogP contribution in [0.5, 0.6) is 0 Å². The van der Waals surface area contributed by atoms with E-state index < -0.39 is 0 Å². The van der Waals surface area contributed by atoms with Crippen molar-refractivity contribution in [3.8, 4) is 6.07 Å². The van der Waals surface area contributed by atoms with Crippen LogP contribution in [0.15, 0.2) is 42.5 Å². The van der Waals surface area contributed by atoms with E-state index in [0.717, 1.165) is 11.3 Å². The first-order valence-corrected chi connectivity index (χ1v) is 6.07. The Hall–Kier alpha value is -2.34. The Balaban J connectivity index is 2.34. The van der Waals surface area contributed by atoms with E-state index in [4.69, 9.17) is 5.26 Å². The van der Waals surface area contributed by atoms with Crippen molar-refractivity contribution in [3.05, 3.63) is 65.0 Å². The molecule has 96 valence electrons. The summed E-state index contributed by atoms with van der Waals surface area (Å²) in [5.41, 5.74) is 3.10. The highest BCUT2D eigenvalue weighted by Crippen LogP contribution is 2.25. The molecule has 0 fully saturated rings. The maximum atomic E-state index is 13.7. The summed E-state index contributed by atoms with van der Waals surface area (Å²) in [5.74, 6) is -0.221. The van der Waals surface area contributed by atoms with Gasteiger partial charge in [0.15, 0.2) is 0 Å². The minimum Gasteiger partial charge on any atom is -0.369 e. The largest absolute Gasteiger partial charge is 0.369 e. The molecule has 0 N–H and O–H groups in total. The number of hydrogen-bond acceptors (Lipinski definition) is 2. The van der Waals surface area contributed by atoms with E-state index in [0.29, 0.717) is 17.7 Å². The SMILES string of the molecule is Cc1cccc(C#N)c1N(C)Cc1ccccc1F. The van der Waals surface area contributed by atoms with Crippen molar-refractivity contribution in [2.45, 2.75) is 13.5 Å². The normalized spacial score (nSPS) is 10.0. The van der Waals surface area contributed by atoms with Crippen molar-refractivity contribution in [3.63, 3.8) is 0 Å². The fraction of sp³-hybridized carbons (Fsp3) is 0.188. The highest BCUT2D eigenvalue weighted by molar-refractivity contribution is 5.63. The van der Waals surface area contributed by atoms with Crippen LogP contribution in [-0.4, -0.2) is 7.05 Å². The first-order valence-electron chi connectivity index (χ1n) is 6.07. The highest BCUT2D eigenvalue weighted by Gasteiger charge is 2.12. The van der Waals surface area contributed by atoms with Crippen molar-refractivity contribution in [1.29, 1.82) is 5.26 Å². The third kappa shape index (κ3) is 2.74. The Kier molecular flexibility index (Phi) is 3.82. The molecule has 0 aliphatic carbocycles. The van der Waals surface area contributed by atoms with E-state index in [2.05, 4.69) is 6.07 Å². The van der Waals surface area contributed by atoms with Crippen LogP contribution in [0.2, 0.25) is 0 Å². The van der Waals surface area contributed by atoms with E-state index in [1.165, 1.54) is 6.07 Å². The van der Waals surface area contributed by atoms with Crippen molar-refractivity contribution < 1.29 is 4.39 Å². The molecule has 0 radical (unpaired) electrons. The molecule has 0 saturated heterocycles. The van der Waals surface area contributed by atoms with E-state index in [1.807, 2.05) is 37.1 Å². The van der Waals surface area contributed by atoms with E-state index in [-0.39, 0.29) is 5.82 Å². The van der Waals surface area contributed by atoms with Gasteiger partial charge in [0.2, 0.25) is 0 Å². The zero-order valence-electron chi connectivity index (χ0n) is 11.0. The maximum Gasteiger partial charge on any atom is 0.128 e. The van der Waals surface area contributed by atoms with Crippen LogP contribution in [-0.2, 0) is 6.54 Å². The third-order valence-electron chi connectivity index (χ3n) is 3.11. The van der Waals surface area contributed by atoms with Crippen molar-refractivity contribution >= 4 is 5.69 Å². The lowest BCUT2D eigenvalue weighted by atomic mass is 10.1. The molecule has 0 atom stereocenters. The molecule has 2 nitrogen and oxygen atoms in total. The van der Waals surface area contributed by atoms with E-state index in [1.54, 1.807) is 18.2 Å². The van der Waals surface area contributed by atoms with E-state index in [9.17, 15) is 4.39 Å². The summed E-state index contributed by atoms with van der Waals surface area (Å²) in [5, 5.41) is 9.16. The fourth-order valence-corrected chi connectivity index (χ4v) is 2.22. The Morgan fingerprint density at radius 2 is 1.89 bits per heavy atom. The van der Waals surface area contributed by atoms with Crippen LogP contribution in [0.1, 0.15) is 16.7 Å². The van der Waals surface area contributed by atoms with Crippen molar-refractivity contribution in [2.24, 2.45) is 0 Å². The molecule has 2 aromatic rings. The standard InChI is InChI=1S/C16H15FN2/c1-12-6-5-8-13(10-18)16(12)19(2)11-14-7-3-4-9-15(14)17/h3-9H,11H2,1-2H3. The number of anilines is 1. The summed E-state index contributed by atoms with van der Waals surface area (Å²) in [6, 6.07) is 14.5. The van der Waals surface area contributed by atoms with Gasteiger partial charge in [-0.15, -0.1) is 0 Å². The number of nitriles is 1. The number of rotatable bonds is 3. The average Bonchev–Trinajstić information content (AvgIpc) is 2.40. The highest BCUT2D eigenvalue weighted by atomic mass is 19.1. The number of benzene rings is 2. The number of hydrogen-bond donors (Lipinski definition) is 0. The second kappa shape index (κ2) is 5.53. The molecule has 0 aliphatic rings. The molecule has 0 spiro atoms. The van der Waals surface area contributed by atoms with Gasteiger partial charge in [-0.2, -0.15) is 5.26 Å². The van der Waals surface area contributed by atoms with Gasteiger partial charge in [0.05, 0.1) is 11.3 Å². The maximum absolute atomic E-state index is 13.7. The van der Waals surface area contributed by atoms with Gasteiger partial charge in [0.25, 0.3) is 0 Å². The zero-order valence-corrected chi connectivity index (χ0v) is 11.0. The van der Waals surface area contributed by atoms with Gasteiger partial charge >= 0.3 is 0 Å². The van der Waals surface area contributed by atoms with E-state index >= 15 is 0 Å². The van der Waals surface area contributed by atoms with Crippen molar-refractivity contribution in [1.82, 2.24) is 0 Å². The minimum absolute atomic E-state index is 0.221.